The molecule has 8 heteroatoms. The Morgan fingerprint density at radius 3 is 1.76 bits per heavy atom. The Bertz CT molecular complexity index is 612. The molecule has 0 amide bonds. The molecule has 0 aromatic rings. The maximum atomic E-state index is 2.15. The summed E-state index contributed by atoms with van der Waals surface area (Å²) in [7, 11) is 0. The van der Waals surface area contributed by atoms with E-state index in [1.54, 1.807) is 30.1 Å². The number of thioether (sulfide) groups is 6. The van der Waals surface area contributed by atoms with Crippen molar-refractivity contribution in [1.29, 1.82) is 0 Å². The van der Waals surface area contributed by atoms with Crippen LogP contribution in [0.2, 0.25) is 0 Å². The number of hydrogen-bond donors (Lipinski definition) is 0. The molecule has 4 aliphatic heterocycles. The van der Waals surface area contributed by atoms with E-state index in [2.05, 4.69) is 70.6 Å². The predicted octanol–water partition coefficient (Wildman–Crippen LogP) is 5.62. The van der Waals surface area contributed by atoms with E-state index in [1.165, 1.54) is 30.8 Å². The zero-order chi connectivity index (χ0) is 13.8. The van der Waals surface area contributed by atoms with Gasteiger partial charge in [-0.3, -0.25) is 0 Å². The second kappa shape index (κ2) is 6.44. The molecule has 5 rings (SSSR count). The summed E-state index contributed by atoms with van der Waals surface area (Å²) in [5.74, 6) is 2.67. The SMILES string of the molecule is C1CC(=C2SC3=C(S2)SC(=C2[Se]C4=C(SCCS4)[Se]2)S3)C1. The molecule has 0 saturated heterocycles. The Labute approximate surface area is 163 Å². The molecule has 0 atom stereocenters. The summed E-state index contributed by atoms with van der Waals surface area (Å²) in [5, 5.41) is 0. The Kier molecular flexibility index (Phi) is 4.71. The second-order valence-electron chi connectivity index (χ2n) is 4.78. The van der Waals surface area contributed by atoms with Crippen LogP contribution in [0.5, 0.6) is 0 Å². The molecule has 0 radical (unpaired) electrons. The number of hydrogen-bond acceptors (Lipinski definition) is 6. The van der Waals surface area contributed by atoms with E-state index in [4.69, 9.17) is 0 Å². The molecule has 5 aliphatic rings. The average molecular weight is 517 g/mol. The minimum atomic E-state index is 0.660. The van der Waals surface area contributed by atoms with Crippen LogP contribution < -0.4 is 0 Å². The molecule has 0 N–H and O–H groups in total. The molecule has 1 saturated carbocycles. The van der Waals surface area contributed by atoms with Crippen molar-refractivity contribution in [3.8, 4) is 0 Å². The van der Waals surface area contributed by atoms with E-state index in [-0.39, 0.29) is 0 Å². The summed E-state index contributed by atoms with van der Waals surface area (Å²) in [6.07, 6.45) is 4.13. The van der Waals surface area contributed by atoms with E-state index >= 15 is 0 Å². The Morgan fingerprint density at radius 1 is 0.667 bits per heavy atom. The van der Waals surface area contributed by atoms with Gasteiger partial charge in [-0.05, 0) is 0 Å². The fourth-order valence-corrected chi connectivity index (χ4v) is 21.7. The van der Waals surface area contributed by atoms with Crippen molar-refractivity contribution < 1.29 is 0 Å². The van der Waals surface area contributed by atoms with Gasteiger partial charge in [-0.15, -0.1) is 0 Å². The molecule has 0 aromatic heterocycles. The molecule has 0 unspecified atom stereocenters. The van der Waals surface area contributed by atoms with Gasteiger partial charge in [-0.1, -0.05) is 0 Å². The quantitative estimate of drug-likeness (QED) is 0.381. The van der Waals surface area contributed by atoms with E-state index in [9.17, 15) is 0 Å². The van der Waals surface area contributed by atoms with Gasteiger partial charge in [0.2, 0.25) is 0 Å². The molecule has 1 fully saturated rings. The molecular weight excluding hydrogens is 506 g/mol. The first-order valence-electron chi connectivity index (χ1n) is 6.64. The van der Waals surface area contributed by atoms with Gasteiger partial charge < -0.3 is 0 Å². The van der Waals surface area contributed by atoms with Crippen molar-refractivity contribution in [2.24, 2.45) is 0 Å². The Morgan fingerprint density at radius 2 is 1.24 bits per heavy atom. The predicted molar refractivity (Wildman–Crippen MR) is 109 cm³/mol. The third-order valence-corrected chi connectivity index (χ3v) is 21.2. The average Bonchev–Trinajstić information content (AvgIpc) is 3.06. The summed E-state index contributed by atoms with van der Waals surface area (Å²) in [5.41, 5.74) is 1.73. The van der Waals surface area contributed by atoms with Crippen molar-refractivity contribution in [3.63, 3.8) is 0 Å². The van der Waals surface area contributed by atoms with E-state index in [1.807, 2.05) is 3.37 Å². The molecule has 110 valence electrons. The second-order valence-corrected chi connectivity index (χ2v) is 18.9. The van der Waals surface area contributed by atoms with Gasteiger partial charge >= 0.3 is 165 Å². The summed E-state index contributed by atoms with van der Waals surface area (Å²) < 4.78 is 11.8. The van der Waals surface area contributed by atoms with E-state index < -0.39 is 0 Å². The number of allylic oxidation sites excluding steroid dienone is 1. The fraction of sp³-hybridized carbons (Fsp3) is 0.385. The van der Waals surface area contributed by atoms with E-state index in [0.29, 0.717) is 29.9 Å². The topological polar surface area (TPSA) is 0 Å². The van der Waals surface area contributed by atoms with Gasteiger partial charge in [0.05, 0.1) is 0 Å². The van der Waals surface area contributed by atoms with Gasteiger partial charge in [0.15, 0.2) is 0 Å². The van der Waals surface area contributed by atoms with Crippen molar-refractivity contribution in [3.05, 3.63) is 33.5 Å². The zero-order valence-corrected chi connectivity index (χ0v) is 19.1. The van der Waals surface area contributed by atoms with Crippen molar-refractivity contribution in [1.82, 2.24) is 0 Å². The van der Waals surface area contributed by atoms with Crippen LogP contribution in [0, 0.1) is 0 Å². The van der Waals surface area contributed by atoms with Gasteiger partial charge in [-0.25, -0.2) is 0 Å². The Balaban J connectivity index is 1.32. The first-order chi connectivity index (χ1) is 10.4. The van der Waals surface area contributed by atoms with E-state index in [0.717, 1.165) is 0 Å². The van der Waals surface area contributed by atoms with Gasteiger partial charge in [0.25, 0.3) is 0 Å². The van der Waals surface area contributed by atoms with Crippen LogP contribution >= 0.6 is 70.6 Å². The zero-order valence-electron chi connectivity index (χ0n) is 10.8. The molecule has 0 aromatic carbocycles. The Hall–Kier alpha value is 2.10. The standard InChI is InChI=1S/C13H10S6Se2/c1-2-6(3-1)7-16-8-9(17-7)19-10(18-8)13-20-11-12(21-13)15-5-4-14-11/h1-5H2. The molecule has 21 heavy (non-hydrogen) atoms. The summed E-state index contributed by atoms with van der Waals surface area (Å²) in [6.45, 7) is 0. The molecule has 0 nitrogen and oxygen atoms in total. The van der Waals surface area contributed by atoms with Crippen LogP contribution in [-0.4, -0.2) is 41.4 Å². The van der Waals surface area contributed by atoms with Gasteiger partial charge in [0.1, 0.15) is 0 Å². The van der Waals surface area contributed by atoms with Gasteiger partial charge in [-0.2, -0.15) is 0 Å². The molecular formula is C13H10S6Se2. The monoisotopic (exact) mass is 518 g/mol. The van der Waals surface area contributed by atoms with Crippen LogP contribution in [-0.2, 0) is 0 Å². The normalized spacial score (nSPS) is 28.6. The van der Waals surface area contributed by atoms with Crippen LogP contribution in [0.25, 0.3) is 0 Å². The summed E-state index contributed by atoms with van der Waals surface area (Å²) in [4.78, 5) is 0. The maximum absolute atomic E-state index is 2.15. The molecule has 0 bridgehead atoms. The summed E-state index contributed by atoms with van der Waals surface area (Å²) >= 11 is 14.0. The molecule has 0 spiro atoms. The van der Waals surface area contributed by atoms with Crippen LogP contribution in [0.3, 0.4) is 0 Å². The fourth-order valence-electron chi connectivity index (χ4n) is 2.17. The van der Waals surface area contributed by atoms with Gasteiger partial charge in [0, 0.05) is 0 Å². The summed E-state index contributed by atoms with van der Waals surface area (Å²) in [6, 6.07) is 0. The van der Waals surface area contributed by atoms with Crippen LogP contribution in [0.1, 0.15) is 19.3 Å². The third-order valence-electron chi connectivity index (χ3n) is 3.41. The molecule has 1 aliphatic carbocycles. The van der Waals surface area contributed by atoms with Crippen LogP contribution in [0.4, 0.5) is 0 Å². The van der Waals surface area contributed by atoms with Crippen molar-refractivity contribution in [2.75, 3.05) is 11.5 Å². The number of rotatable bonds is 0. The third kappa shape index (κ3) is 2.94. The molecule has 4 heterocycles. The first-order valence-corrected chi connectivity index (χ1v) is 15.3. The van der Waals surface area contributed by atoms with Crippen molar-refractivity contribution >= 4 is 100 Å². The van der Waals surface area contributed by atoms with Crippen LogP contribution in [0.15, 0.2) is 33.5 Å². The van der Waals surface area contributed by atoms with Crippen molar-refractivity contribution in [2.45, 2.75) is 19.3 Å². The minimum absolute atomic E-state index is 0.660. The first kappa shape index (κ1) is 15.4.